The monoisotopic (exact) mass is 384 g/mol. The van der Waals surface area contributed by atoms with Crippen molar-refractivity contribution >= 4 is 29.4 Å². The Labute approximate surface area is 161 Å². The van der Waals surface area contributed by atoms with E-state index in [0.29, 0.717) is 43.0 Å². The van der Waals surface area contributed by atoms with Gasteiger partial charge in [0.25, 0.3) is 5.91 Å². The summed E-state index contributed by atoms with van der Waals surface area (Å²) in [4.78, 5) is 38.5. The van der Waals surface area contributed by atoms with Crippen molar-refractivity contribution in [1.82, 2.24) is 10.2 Å². The molecule has 0 bridgehead atoms. The van der Waals surface area contributed by atoms with E-state index >= 15 is 0 Å². The Morgan fingerprint density at radius 1 is 1.22 bits per heavy atom. The van der Waals surface area contributed by atoms with Gasteiger partial charge in [-0.25, -0.2) is 0 Å². The number of hydrogen-bond acceptors (Lipinski definition) is 5. The Morgan fingerprint density at radius 3 is 2.81 bits per heavy atom. The summed E-state index contributed by atoms with van der Waals surface area (Å²) in [5.74, 6) is 0.555. The summed E-state index contributed by atoms with van der Waals surface area (Å²) < 4.78 is 5.82. The van der Waals surface area contributed by atoms with Crippen LogP contribution in [-0.4, -0.2) is 35.6 Å². The lowest BCUT2D eigenvalue weighted by Gasteiger charge is -2.25. The zero-order valence-corrected chi connectivity index (χ0v) is 15.6. The minimum atomic E-state index is -0.387. The predicted molar refractivity (Wildman–Crippen MR) is 101 cm³/mol. The Morgan fingerprint density at radius 2 is 2.04 bits per heavy atom. The van der Waals surface area contributed by atoms with E-state index in [1.807, 2.05) is 5.38 Å². The first kappa shape index (κ1) is 17.7. The minimum Gasteiger partial charge on any atom is -0.488 e. The molecule has 2 aliphatic rings. The molecule has 1 aromatic heterocycles. The second-order valence-corrected chi connectivity index (χ2v) is 7.73. The van der Waals surface area contributed by atoms with Crippen LogP contribution in [-0.2, 0) is 17.9 Å². The third kappa shape index (κ3) is 3.47. The maximum atomic E-state index is 12.8. The molecule has 1 N–H and O–H groups in total. The smallest absolute Gasteiger partial charge is 0.256 e. The van der Waals surface area contributed by atoms with E-state index in [-0.39, 0.29) is 17.9 Å². The molecule has 0 spiro atoms. The van der Waals surface area contributed by atoms with E-state index in [0.717, 1.165) is 29.6 Å². The summed E-state index contributed by atoms with van der Waals surface area (Å²) in [5.41, 5.74) is 2.25. The van der Waals surface area contributed by atoms with Gasteiger partial charge in [-0.15, -0.1) is 11.3 Å². The highest BCUT2D eigenvalue weighted by molar-refractivity contribution is 7.10. The van der Waals surface area contributed by atoms with Gasteiger partial charge in [-0.05, 0) is 43.5 Å². The van der Waals surface area contributed by atoms with Crippen LogP contribution >= 0.6 is 11.3 Å². The van der Waals surface area contributed by atoms with Crippen LogP contribution in [0.2, 0.25) is 0 Å². The van der Waals surface area contributed by atoms with E-state index in [2.05, 4.69) is 5.32 Å². The van der Waals surface area contributed by atoms with E-state index in [4.69, 9.17) is 4.74 Å². The molecule has 1 fully saturated rings. The molecule has 1 atom stereocenters. The number of fused-ring (bicyclic) bond motifs is 1. The van der Waals surface area contributed by atoms with E-state index in [1.165, 1.54) is 11.3 Å². The van der Waals surface area contributed by atoms with Crippen LogP contribution < -0.4 is 10.1 Å². The molecule has 140 valence electrons. The number of amides is 2. The molecular formula is C20H20N2O4S. The largest absolute Gasteiger partial charge is 0.488 e. The van der Waals surface area contributed by atoms with Gasteiger partial charge in [0.05, 0.1) is 5.56 Å². The molecule has 0 aliphatic carbocycles. The van der Waals surface area contributed by atoms with Gasteiger partial charge in [-0.2, -0.15) is 0 Å². The SMILES string of the molecule is O=Cc1ccc(OCc2scc3c2CN([C@H]2CCCCNC2=O)C3=O)cc1. The van der Waals surface area contributed by atoms with Crippen LogP contribution in [0, 0.1) is 0 Å². The van der Waals surface area contributed by atoms with Crippen molar-refractivity contribution < 1.29 is 19.1 Å². The standard InChI is InChI=1S/C20H20N2O4S/c23-10-13-4-6-14(7-5-13)26-11-18-15-9-22(20(25)16(15)12-27-18)17-3-1-2-8-21-19(17)24/h4-7,10,12,17H,1-3,8-9,11H2,(H,21,24)/t17-/m0/s1. The maximum Gasteiger partial charge on any atom is 0.256 e. The molecule has 2 aliphatic heterocycles. The van der Waals surface area contributed by atoms with E-state index in [1.54, 1.807) is 29.2 Å². The first-order valence-electron chi connectivity index (χ1n) is 9.03. The topological polar surface area (TPSA) is 75.7 Å². The number of ether oxygens (including phenoxy) is 1. The molecule has 0 unspecified atom stereocenters. The van der Waals surface area contributed by atoms with Gasteiger partial charge in [0.1, 0.15) is 24.7 Å². The van der Waals surface area contributed by atoms with Gasteiger partial charge in [-0.1, -0.05) is 0 Å². The quantitative estimate of drug-likeness (QED) is 0.805. The van der Waals surface area contributed by atoms with Crippen molar-refractivity contribution in [1.29, 1.82) is 0 Å². The van der Waals surface area contributed by atoms with Gasteiger partial charge < -0.3 is 15.0 Å². The van der Waals surface area contributed by atoms with Crippen molar-refractivity contribution in [2.75, 3.05) is 6.54 Å². The average molecular weight is 384 g/mol. The van der Waals surface area contributed by atoms with Crippen molar-refractivity contribution in [3.05, 3.63) is 51.2 Å². The fourth-order valence-corrected chi connectivity index (χ4v) is 4.50. The lowest BCUT2D eigenvalue weighted by atomic mass is 10.1. The molecule has 0 saturated carbocycles. The number of nitrogens with one attached hydrogen (secondary N) is 1. The van der Waals surface area contributed by atoms with Gasteiger partial charge in [0.2, 0.25) is 5.91 Å². The highest BCUT2D eigenvalue weighted by atomic mass is 32.1. The summed E-state index contributed by atoms with van der Waals surface area (Å²) in [6, 6.07) is 6.53. The zero-order valence-electron chi connectivity index (χ0n) is 14.8. The molecule has 0 radical (unpaired) electrons. The van der Waals surface area contributed by atoms with Gasteiger partial charge >= 0.3 is 0 Å². The lowest BCUT2D eigenvalue weighted by Crippen LogP contribution is -2.45. The second kappa shape index (κ2) is 7.52. The summed E-state index contributed by atoms with van der Waals surface area (Å²) >= 11 is 1.51. The number of rotatable bonds is 5. The second-order valence-electron chi connectivity index (χ2n) is 6.76. The average Bonchev–Trinajstić information content (AvgIpc) is 3.15. The number of carbonyl (C=O) groups excluding carboxylic acids is 3. The highest BCUT2D eigenvalue weighted by Crippen LogP contribution is 2.34. The van der Waals surface area contributed by atoms with Crippen LogP contribution in [0.15, 0.2) is 29.6 Å². The normalized spacial score (nSPS) is 19.4. The first-order chi connectivity index (χ1) is 13.2. The number of carbonyl (C=O) groups is 3. The van der Waals surface area contributed by atoms with Crippen LogP contribution in [0.25, 0.3) is 0 Å². The number of aldehydes is 1. The van der Waals surface area contributed by atoms with E-state index < -0.39 is 0 Å². The summed E-state index contributed by atoms with van der Waals surface area (Å²) in [6.07, 6.45) is 3.39. The van der Waals surface area contributed by atoms with Crippen LogP contribution in [0.5, 0.6) is 5.75 Å². The van der Waals surface area contributed by atoms with Crippen molar-refractivity contribution in [2.24, 2.45) is 0 Å². The maximum absolute atomic E-state index is 12.8. The molecule has 27 heavy (non-hydrogen) atoms. The van der Waals surface area contributed by atoms with Crippen molar-refractivity contribution in [2.45, 2.75) is 38.5 Å². The van der Waals surface area contributed by atoms with Crippen molar-refractivity contribution in [3.8, 4) is 5.75 Å². The Hall–Kier alpha value is -2.67. The summed E-state index contributed by atoms with van der Waals surface area (Å²) in [7, 11) is 0. The fraction of sp³-hybridized carbons (Fsp3) is 0.350. The Bertz CT molecular complexity index is 875. The number of hydrogen-bond donors (Lipinski definition) is 1. The first-order valence-corrected chi connectivity index (χ1v) is 9.91. The Kier molecular flexibility index (Phi) is 4.94. The molecule has 4 rings (SSSR count). The third-order valence-corrected chi connectivity index (χ3v) is 6.07. The predicted octanol–water partition coefficient (Wildman–Crippen LogP) is 2.76. The Balaban J connectivity index is 1.47. The van der Waals surface area contributed by atoms with Crippen LogP contribution in [0.1, 0.15) is 50.4 Å². The number of nitrogens with zero attached hydrogens (tertiary/aromatic N) is 1. The molecule has 7 heteroatoms. The number of thiophene rings is 1. The van der Waals surface area contributed by atoms with Crippen LogP contribution in [0.3, 0.4) is 0 Å². The van der Waals surface area contributed by atoms with Crippen molar-refractivity contribution in [3.63, 3.8) is 0 Å². The number of benzene rings is 1. The molecule has 3 heterocycles. The fourth-order valence-electron chi connectivity index (χ4n) is 3.56. The van der Waals surface area contributed by atoms with Gasteiger partial charge in [0.15, 0.2) is 0 Å². The van der Waals surface area contributed by atoms with Crippen LogP contribution in [0.4, 0.5) is 0 Å². The minimum absolute atomic E-state index is 0.0530. The van der Waals surface area contributed by atoms with Gasteiger partial charge in [0, 0.05) is 34.5 Å². The summed E-state index contributed by atoms with van der Waals surface area (Å²) in [5, 5.41) is 4.76. The molecule has 2 amide bonds. The summed E-state index contributed by atoms with van der Waals surface area (Å²) in [6.45, 7) is 1.50. The third-order valence-electron chi connectivity index (χ3n) is 5.07. The lowest BCUT2D eigenvalue weighted by molar-refractivity contribution is -0.125. The molecule has 2 aromatic rings. The zero-order chi connectivity index (χ0) is 18.8. The molecule has 1 aromatic carbocycles. The molecule has 6 nitrogen and oxygen atoms in total. The van der Waals surface area contributed by atoms with Gasteiger partial charge in [-0.3, -0.25) is 14.4 Å². The molecular weight excluding hydrogens is 364 g/mol. The highest BCUT2D eigenvalue weighted by Gasteiger charge is 2.38. The molecule has 1 saturated heterocycles. The van der Waals surface area contributed by atoms with E-state index in [9.17, 15) is 14.4 Å².